The third-order valence-corrected chi connectivity index (χ3v) is 5.97. The lowest BCUT2D eigenvalue weighted by molar-refractivity contribution is -0.136. The van der Waals surface area contributed by atoms with Crippen molar-refractivity contribution in [2.24, 2.45) is 5.92 Å². The van der Waals surface area contributed by atoms with Crippen molar-refractivity contribution in [3.8, 4) is 0 Å². The highest BCUT2D eigenvalue weighted by Gasteiger charge is 2.37. The molecule has 4 heteroatoms. The molecular formula is C17H20ClNOS. The Bertz CT molecular complexity index is 545. The van der Waals surface area contributed by atoms with E-state index < -0.39 is 0 Å². The van der Waals surface area contributed by atoms with Crippen LogP contribution in [0.3, 0.4) is 0 Å². The summed E-state index contributed by atoms with van der Waals surface area (Å²) in [6.45, 7) is 3.02. The molecule has 1 aromatic carbocycles. The standard InChI is InChI=1S/C17H20ClNOS/c1-12-7-5-6-10-19(12)17(20)14-11-15(21-16(14)18)13-8-3-2-4-9-13/h2-4,8-9,11-12,14,16H,5-7,10H2,1H3. The van der Waals surface area contributed by atoms with Crippen LogP contribution in [0.5, 0.6) is 0 Å². The Morgan fingerprint density at radius 2 is 2.05 bits per heavy atom. The Morgan fingerprint density at radius 3 is 2.76 bits per heavy atom. The van der Waals surface area contributed by atoms with Crippen LogP contribution < -0.4 is 0 Å². The predicted molar refractivity (Wildman–Crippen MR) is 90.2 cm³/mol. The molecule has 21 heavy (non-hydrogen) atoms. The van der Waals surface area contributed by atoms with Gasteiger partial charge in [0, 0.05) is 17.5 Å². The number of nitrogens with zero attached hydrogens (tertiary/aromatic N) is 1. The molecule has 2 aliphatic rings. The van der Waals surface area contributed by atoms with Gasteiger partial charge >= 0.3 is 0 Å². The number of rotatable bonds is 2. The van der Waals surface area contributed by atoms with E-state index in [4.69, 9.17) is 11.6 Å². The summed E-state index contributed by atoms with van der Waals surface area (Å²) >= 11 is 8.05. The minimum atomic E-state index is -0.201. The largest absolute Gasteiger partial charge is 0.339 e. The molecule has 3 unspecified atom stereocenters. The third kappa shape index (κ3) is 3.14. The van der Waals surface area contributed by atoms with Crippen LogP contribution in [0.2, 0.25) is 0 Å². The summed E-state index contributed by atoms with van der Waals surface area (Å²) in [5.74, 6) is -0.00643. The molecular weight excluding hydrogens is 302 g/mol. The van der Waals surface area contributed by atoms with Crippen LogP contribution in [0, 0.1) is 5.92 Å². The highest BCUT2D eigenvalue weighted by atomic mass is 35.5. The van der Waals surface area contributed by atoms with Gasteiger partial charge in [-0.3, -0.25) is 4.79 Å². The van der Waals surface area contributed by atoms with Crippen molar-refractivity contribution in [2.75, 3.05) is 6.54 Å². The second kappa shape index (κ2) is 6.45. The number of piperidine rings is 1. The number of likely N-dealkylation sites (tertiary alicyclic amines) is 1. The fraction of sp³-hybridized carbons (Fsp3) is 0.471. The van der Waals surface area contributed by atoms with Crippen molar-refractivity contribution in [3.05, 3.63) is 42.0 Å². The molecule has 0 spiro atoms. The monoisotopic (exact) mass is 321 g/mol. The minimum absolute atomic E-state index is 0.193. The van der Waals surface area contributed by atoms with Crippen LogP contribution >= 0.6 is 23.4 Å². The van der Waals surface area contributed by atoms with E-state index in [1.807, 2.05) is 23.1 Å². The smallest absolute Gasteiger partial charge is 0.232 e. The average Bonchev–Trinajstić information content (AvgIpc) is 2.90. The molecule has 1 saturated heterocycles. The van der Waals surface area contributed by atoms with Gasteiger partial charge in [0.25, 0.3) is 0 Å². The molecule has 3 atom stereocenters. The van der Waals surface area contributed by atoms with E-state index in [2.05, 4.69) is 25.1 Å². The summed E-state index contributed by atoms with van der Waals surface area (Å²) in [6.07, 6.45) is 5.49. The maximum atomic E-state index is 12.8. The topological polar surface area (TPSA) is 20.3 Å². The Kier molecular flexibility index (Phi) is 4.60. The van der Waals surface area contributed by atoms with Crippen LogP contribution in [0.15, 0.2) is 36.4 Å². The molecule has 0 N–H and O–H groups in total. The van der Waals surface area contributed by atoms with Gasteiger partial charge in [-0.15, -0.1) is 23.4 Å². The van der Waals surface area contributed by atoms with Gasteiger partial charge in [0.2, 0.25) is 5.91 Å². The molecule has 2 nitrogen and oxygen atoms in total. The zero-order valence-corrected chi connectivity index (χ0v) is 13.7. The lowest BCUT2D eigenvalue weighted by atomic mass is 10.00. The lowest BCUT2D eigenvalue weighted by Crippen LogP contribution is -2.45. The number of hydrogen-bond donors (Lipinski definition) is 0. The second-order valence-corrected chi connectivity index (χ2v) is 7.68. The average molecular weight is 322 g/mol. The lowest BCUT2D eigenvalue weighted by Gasteiger charge is -2.35. The summed E-state index contributed by atoms with van der Waals surface area (Å²) in [5, 5.41) is 0. The molecule has 2 aliphatic heterocycles. The van der Waals surface area contributed by atoms with Crippen molar-refractivity contribution in [1.82, 2.24) is 4.90 Å². The number of carbonyl (C=O) groups excluding carboxylic acids is 1. The molecule has 0 radical (unpaired) electrons. The summed E-state index contributed by atoms with van der Waals surface area (Å²) < 4.78 is -0.193. The number of carbonyl (C=O) groups is 1. The van der Waals surface area contributed by atoms with Gasteiger partial charge in [0.1, 0.15) is 0 Å². The number of hydrogen-bond acceptors (Lipinski definition) is 2. The van der Waals surface area contributed by atoms with Crippen LogP contribution in [0.1, 0.15) is 31.7 Å². The maximum Gasteiger partial charge on any atom is 0.232 e. The Labute approximate surface area is 135 Å². The number of thioether (sulfide) groups is 1. The van der Waals surface area contributed by atoms with Crippen molar-refractivity contribution >= 4 is 34.2 Å². The van der Waals surface area contributed by atoms with Gasteiger partial charge in [-0.1, -0.05) is 36.4 Å². The van der Waals surface area contributed by atoms with Crippen LogP contribution in [-0.2, 0) is 4.79 Å². The van der Waals surface area contributed by atoms with E-state index in [0.29, 0.717) is 6.04 Å². The normalized spacial score (nSPS) is 29.3. The van der Waals surface area contributed by atoms with Gasteiger partial charge < -0.3 is 4.90 Å². The first-order valence-electron chi connectivity index (χ1n) is 7.55. The highest BCUT2D eigenvalue weighted by molar-refractivity contribution is 8.10. The van der Waals surface area contributed by atoms with E-state index >= 15 is 0 Å². The molecule has 0 aliphatic carbocycles. The summed E-state index contributed by atoms with van der Waals surface area (Å²) in [6, 6.07) is 10.5. The van der Waals surface area contributed by atoms with Gasteiger partial charge in [-0.25, -0.2) is 0 Å². The van der Waals surface area contributed by atoms with Crippen LogP contribution in [0.25, 0.3) is 4.91 Å². The van der Waals surface area contributed by atoms with E-state index in [1.165, 1.54) is 6.42 Å². The molecule has 2 heterocycles. The second-order valence-electron chi connectivity index (χ2n) is 5.77. The zero-order chi connectivity index (χ0) is 14.8. The maximum absolute atomic E-state index is 12.8. The van der Waals surface area contributed by atoms with Gasteiger partial charge in [0.15, 0.2) is 0 Å². The SMILES string of the molecule is CC1CCCCN1C(=O)C1C=C(c2ccccc2)SC1Cl. The minimum Gasteiger partial charge on any atom is -0.339 e. The van der Waals surface area contributed by atoms with Crippen LogP contribution in [-0.4, -0.2) is 28.1 Å². The van der Waals surface area contributed by atoms with Crippen molar-refractivity contribution in [2.45, 2.75) is 36.9 Å². The zero-order valence-electron chi connectivity index (χ0n) is 12.2. The first-order chi connectivity index (χ1) is 10.2. The first-order valence-corrected chi connectivity index (χ1v) is 8.87. The number of halogens is 1. The molecule has 1 aromatic rings. The van der Waals surface area contributed by atoms with Crippen LogP contribution in [0.4, 0.5) is 0 Å². The quantitative estimate of drug-likeness (QED) is 0.754. The first kappa shape index (κ1) is 15.0. The van der Waals surface area contributed by atoms with E-state index in [-0.39, 0.29) is 16.5 Å². The van der Waals surface area contributed by atoms with Gasteiger partial charge in [0.05, 0.1) is 10.6 Å². The third-order valence-electron chi connectivity index (χ3n) is 4.28. The summed E-state index contributed by atoms with van der Waals surface area (Å²) in [5.41, 5.74) is 1.15. The van der Waals surface area contributed by atoms with Gasteiger partial charge in [-0.05, 0) is 31.7 Å². The van der Waals surface area contributed by atoms with Gasteiger partial charge in [-0.2, -0.15) is 0 Å². The molecule has 0 aromatic heterocycles. The van der Waals surface area contributed by atoms with Crippen molar-refractivity contribution in [3.63, 3.8) is 0 Å². The molecule has 1 fully saturated rings. The fourth-order valence-corrected chi connectivity index (χ4v) is 4.59. The number of benzene rings is 1. The molecule has 1 amide bonds. The van der Waals surface area contributed by atoms with Crippen molar-refractivity contribution < 1.29 is 4.79 Å². The fourth-order valence-electron chi connectivity index (χ4n) is 3.04. The molecule has 3 rings (SSSR count). The Morgan fingerprint density at radius 1 is 1.29 bits per heavy atom. The molecule has 112 valence electrons. The number of alkyl halides is 1. The molecule has 0 bridgehead atoms. The summed E-state index contributed by atoms with van der Waals surface area (Å²) in [7, 11) is 0. The highest BCUT2D eigenvalue weighted by Crippen LogP contribution is 2.45. The molecule has 0 saturated carbocycles. The summed E-state index contributed by atoms with van der Waals surface area (Å²) in [4.78, 5) is 15.9. The van der Waals surface area contributed by atoms with E-state index in [0.717, 1.165) is 29.9 Å². The Balaban J connectivity index is 1.78. The Hall–Kier alpha value is -0.930. The van der Waals surface area contributed by atoms with E-state index in [9.17, 15) is 4.79 Å². The van der Waals surface area contributed by atoms with Crippen molar-refractivity contribution in [1.29, 1.82) is 0 Å². The number of amides is 1. The predicted octanol–water partition coefficient (Wildman–Crippen LogP) is 4.36. The van der Waals surface area contributed by atoms with E-state index in [1.54, 1.807) is 11.8 Å².